The first kappa shape index (κ1) is 20.2. The number of nitrogens with one attached hydrogen (secondary N) is 2. The zero-order valence-corrected chi connectivity index (χ0v) is 17.0. The largest absolute Gasteiger partial charge is 0.339 e. The van der Waals surface area contributed by atoms with E-state index in [0.717, 1.165) is 5.69 Å². The summed E-state index contributed by atoms with van der Waals surface area (Å²) in [5, 5.41) is 14.0. The fraction of sp³-hybridized carbons (Fsp3) is 0.217. The topological polar surface area (TPSA) is 84.0 Å². The van der Waals surface area contributed by atoms with E-state index < -0.39 is 0 Å². The molecule has 0 spiro atoms. The molecule has 0 bridgehead atoms. The highest BCUT2D eigenvalue weighted by Crippen LogP contribution is 2.24. The minimum absolute atomic E-state index is 0.0233. The molecule has 1 heterocycles. The number of nitrogens with zero attached hydrogens (tertiary/aromatic N) is 2. The van der Waals surface area contributed by atoms with Crippen molar-refractivity contribution >= 4 is 28.9 Å². The number of carbonyl (C=O) groups is 2. The van der Waals surface area contributed by atoms with Gasteiger partial charge in [-0.15, -0.1) is 10.2 Å². The van der Waals surface area contributed by atoms with Crippen molar-refractivity contribution in [3.8, 4) is 0 Å². The summed E-state index contributed by atoms with van der Waals surface area (Å²) in [4.78, 5) is 23.6. The Labute approximate surface area is 170 Å². The van der Waals surface area contributed by atoms with E-state index in [1.165, 1.54) is 12.5 Å². The normalized spacial score (nSPS) is 11.0. The zero-order valence-electron chi connectivity index (χ0n) is 17.0. The predicted molar refractivity (Wildman–Crippen MR) is 115 cm³/mol. The van der Waals surface area contributed by atoms with Gasteiger partial charge in [-0.25, -0.2) is 0 Å². The van der Waals surface area contributed by atoms with Crippen molar-refractivity contribution in [1.29, 1.82) is 0 Å². The van der Waals surface area contributed by atoms with E-state index in [4.69, 9.17) is 0 Å². The summed E-state index contributed by atoms with van der Waals surface area (Å²) >= 11 is 0. The molecule has 0 radical (unpaired) electrons. The van der Waals surface area contributed by atoms with Gasteiger partial charge in [0.15, 0.2) is 17.3 Å². The van der Waals surface area contributed by atoms with Crippen LogP contribution in [-0.2, 0) is 5.41 Å². The Morgan fingerprint density at radius 3 is 1.93 bits per heavy atom. The van der Waals surface area contributed by atoms with Crippen molar-refractivity contribution in [3.05, 3.63) is 77.5 Å². The monoisotopic (exact) mass is 388 g/mol. The van der Waals surface area contributed by atoms with Crippen LogP contribution in [0, 0.1) is 0 Å². The van der Waals surface area contributed by atoms with Gasteiger partial charge >= 0.3 is 0 Å². The number of rotatable bonds is 5. The molecule has 0 unspecified atom stereocenters. The van der Waals surface area contributed by atoms with E-state index >= 15 is 0 Å². The Hall–Kier alpha value is -3.54. The molecule has 2 N–H and O–H groups in total. The molecule has 3 aromatic rings. The molecule has 2 aromatic carbocycles. The molecule has 0 saturated heterocycles. The maximum Gasteiger partial charge on any atom is 0.276 e. The van der Waals surface area contributed by atoms with Crippen LogP contribution in [0.1, 0.15) is 54.1 Å². The average Bonchev–Trinajstić information content (AvgIpc) is 2.68. The van der Waals surface area contributed by atoms with Crippen molar-refractivity contribution in [2.45, 2.75) is 33.1 Å². The van der Waals surface area contributed by atoms with Gasteiger partial charge in [0.25, 0.3) is 5.91 Å². The lowest BCUT2D eigenvalue weighted by Crippen LogP contribution is -2.14. The van der Waals surface area contributed by atoms with Crippen LogP contribution in [0.3, 0.4) is 0 Å². The lowest BCUT2D eigenvalue weighted by atomic mass is 9.87. The summed E-state index contributed by atoms with van der Waals surface area (Å²) in [6, 6.07) is 18.2. The highest BCUT2D eigenvalue weighted by molar-refractivity contribution is 6.03. The number of hydrogen-bond acceptors (Lipinski definition) is 5. The summed E-state index contributed by atoms with van der Waals surface area (Å²) in [7, 11) is 0. The molecule has 0 atom stereocenters. The van der Waals surface area contributed by atoms with Crippen molar-refractivity contribution in [1.82, 2.24) is 10.2 Å². The van der Waals surface area contributed by atoms with Crippen LogP contribution in [0.4, 0.5) is 17.2 Å². The molecule has 0 fully saturated rings. The molecule has 1 amide bonds. The molecule has 0 aliphatic carbocycles. The van der Waals surface area contributed by atoms with Crippen LogP contribution >= 0.6 is 0 Å². The summed E-state index contributed by atoms with van der Waals surface area (Å²) in [6.45, 7) is 8.00. The maximum atomic E-state index is 12.3. The third-order valence-corrected chi connectivity index (χ3v) is 4.47. The number of carbonyl (C=O) groups excluding carboxylic acids is 2. The van der Waals surface area contributed by atoms with Crippen molar-refractivity contribution < 1.29 is 9.59 Å². The molecule has 3 rings (SSSR count). The third kappa shape index (κ3) is 5.25. The SMILES string of the molecule is CC(=O)c1ccc(NC(=O)c2ccc(Nc3ccc(C(C)(C)C)cc3)nn2)cc1. The molecule has 0 aliphatic heterocycles. The first-order chi connectivity index (χ1) is 13.7. The van der Waals surface area contributed by atoms with Gasteiger partial charge in [-0.2, -0.15) is 0 Å². The van der Waals surface area contributed by atoms with Gasteiger partial charge in [0.05, 0.1) is 0 Å². The van der Waals surface area contributed by atoms with E-state index in [-0.39, 0.29) is 22.8 Å². The molecule has 0 saturated carbocycles. The number of Topliss-reactive ketones (excluding diaryl/α,β-unsaturated/α-hetero) is 1. The maximum absolute atomic E-state index is 12.3. The van der Waals surface area contributed by atoms with E-state index in [0.29, 0.717) is 17.1 Å². The quantitative estimate of drug-likeness (QED) is 0.603. The number of aromatic nitrogens is 2. The molecule has 6 heteroatoms. The van der Waals surface area contributed by atoms with Crippen LogP contribution in [0.15, 0.2) is 60.7 Å². The third-order valence-electron chi connectivity index (χ3n) is 4.47. The number of hydrogen-bond donors (Lipinski definition) is 2. The van der Waals surface area contributed by atoms with E-state index in [1.54, 1.807) is 36.4 Å². The van der Waals surface area contributed by atoms with Crippen LogP contribution in [0.2, 0.25) is 0 Å². The minimum atomic E-state index is -0.367. The van der Waals surface area contributed by atoms with Gasteiger partial charge in [-0.3, -0.25) is 9.59 Å². The van der Waals surface area contributed by atoms with Crippen molar-refractivity contribution in [3.63, 3.8) is 0 Å². The predicted octanol–water partition coefficient (Wildman–Crippen LogP) is 4.97. The Morgan fingerprint density at radius 1 is 0.793 bits per heavy atom. The standard InChI is InChI=1S/C23H24N4O2/c1-15(28)16-5-9-19(10-6-16)25-22(29)20-13-14-21(27-26-20)24-18-11-7-17(8-12-18)23(2,3)4/h5-14H,1-4H3,(H,24,27)(H,25,29). The fourth-order valence-electron chi connectivity index (χ4n) is 2.70. The van der Waals surface area contributed by atoms with E-state index in [1.807, 2.05) is 12.1 Å². The van der Waals surface area contributed by atoms with Gasteiger partial charge in [-0.05, 0) is 66.4 Å². The summed E-state index contributed by atoms with van der Waals surface area (Å²) < 4.78 is 0. The lowest BCUT2D eigenvalue weighted by Gasteiger charge is -2.19. The Morgan fingerprint density at radius 2 is 1.41 bits per heavy atom. The Balaban J connectivity index is 1.63. The van der Waals surface area contributed by atoms with Crippen LogP contribution < -0.4 is 10.6 Å². The minimum Gasteiger partial charge on any atom is -0.339 e. The van der Waals surface area contributed by atoms with Gasteiger partial charge in [-0.1, -0.05) is 32.9 Å². The lowest BCUT2D eigenvalue weighted by molar-refractivity contribution is 0.101. The molecular formula is C23H24N4O2. The summed E-state index contributed by atoms with van der Waals surface area (Å²) in [5.74, 6) is 0.162. The van der Waals surface area contributed by atoms with Crippen LogP contribution in [-0.4, -0.2) is 21.9 Å². The average molecular weight is 388 g/mol. The summed E-state index contributed by atoms with van der Waals surface area (Å²) in [6.07, 6.45) is 0. The second-order valence-corrected chi connectivity index (χ2v) is 7.84. The molecular weight excluding hydrogens is 364 g/mol. The van der Waals surface area contributed by atoms with Crippen molar-refractivity contribution in [2.75, 3.05) is 10.6 Å². The molecule has 6 nitrogen and oxygen atoms in total. The van der Waals surface area contributed by atoms with Gasteiger partial charge in [0.2, 0.25) is 0 Å². The summed E-state index contributed by atoms with van der Waals surface area (Å²) in [5.41, 5.74) is 3.62. The number of anilines is 3. The number of ketones is 1. The van der Waals surface area contributed by atoms with Gasteiger partial charge in [0.1, 0.15) is 0 Å². The number of benzene rings is 2. The second kappa shape index (κ2) is 8.22. The fourth-order valence-corrected chi connectivity index (χ4v) is 2.70. The first-order valence-corrected chi connectivity index (χ1v) is 9.36. The second-order valence-electron chi connectivity index (χ2n) is 7.84. The van der Waals surface area contributed by atoms with E-state index in [2.05, 4.69) is 53.7 Å². The van der Waals surface area contributed by atoms with Crippen LogP contribution in [0.5, 0.6) is 0 Å². The molecule has 0 aliphatic rings. The first-order valence-electron chi connectivity index (χ1n) is 9.36. The molecule has 29 heavy (non-hydrogen) atoms. The van der Waals surface area contributed by atoms with Gasteiger partial charge < -0.3 is 10.6 Å². The molecule has 1 aromatic heterocycles. The Kier molecular flexibility index (Phi) is 5.73. The van der Waals surface area contributed by atoms with Crippen LogP contribution in [0.25, 0.3) is 0 Å². The smallest absolute Gasteiger partial charge is 0.276 e. The highest BCUT2D eigenvalue weighted by Gasteiger charge is 2.13. The zero-order chi connectivity index (χ0) is 21.0. The molecule has 148 valence electrons. The van der Waals surface area contributed by atoms with E-state index in [9.17, 15) is 9.59 Å². The van der Waals surface area contributed by atoms with Crippen molar-refractivity contribution in [2.24, 2.45) is 0 Å². The Bertz CT molecular complexity index is 1000. The van der Waals surface area contributed by atoms with Gasteiger partial charge in [0, 0.05) is 16.9 Å². The highest BCUT2D eigenvalue weighted by atomic mass is 16.2. The number of amides is 1.